The highest BCUT2D eigenvalue weighted by Crippen LogP contribution is 2.16. The third kappa shape index (κ3) is 4.98. The van der Waals surface area contributed by atoms with E-state index in [1.807, 2.05) is 0 Å². The molecule has 0 aliphatic carbocycles. The zero-order valence-corrected chi connectivity index (χ0v) is 9.30. The van der Waals surface area contributed by atoms with Crippen molar-refractivity contribution in [2.24, 2.45) is 0 Å². The van der Waals surface area contributed by atoms with Crippen LogP contribution in [0.1, 0.15) is 0 Å². The van der Waals surface area contributed by atoms with Crippen molar-refractivity contribution in [2.75, 3.05) is 25.6 Å². The first-order valence-electron chi connectivity index (χ1n) is 4.85. The summed E-state index contributed by atoms with van der Waals surface area (Å²) < 4.78 is 9.63. The van der Waals surface area contributed by atoms with Gasteiger partial charge in [0, 0.05) is 11.8 Å². The number of anilines is 1. The summed E-state index contributed by atoms with van der Waals surface area (Å²) >= 11 is 0. The van der Waals surface area contributed by atoms with E-state index >= 15 is 0 Å². The van der Waals surface area contributed by atoms with Gasteiger partial charge in [-0.25, -0.2) is 4.79 Å². The van der Waals surface area contributed by atoms with Crippen molar-refractivity contribution in [1.82, 2.24) is 0 Å². The molecular formula is C11H13NO5. The van der Waals surface area contributed by atoms with Gasteiger partial charge in [-0.2, -0.15) is 0 Å². The van der Waals surface area contributed by atoms with Crippen molar-refractivity contribution < 1.29 is 24.2 Å². The highest BCUT2D eigenvalue weighted by atomic mass is 16.5. The van der Waals surface area contributed by atoms with Gasteiger partial charge in [0.2, 0.25) is 5.91 Å². The highest BCUT2D eigenvalue weighted by molar-refractivity contribution is 5.92. The van der Waals surface area contributed by atoms with E-state index in [2.05, 4.69) is 10.1 Å². The lowest BCUT2D eigenvalue weighted by atomic mass is 10.3. The van der Waals surface area contributed by atoms with Crippen LogP contribution in [-0.4, -0.2) is 37.3 Å². The zero-order valence-electron chi connectivity index (χ0n) is 9.30. The Morgan fingerprint density at radius 2 is 2.12 bits per heavy atom. The van der Waals surface area contributed by atoms with Crippen LogP contribution in [0.2, 0.25) is 0 Å². The van der Waals surface area contributed by atoms with Crippen LogP contribution in [0.4, 0.5) is 5.69 Å². The van der Waals surface area contributed by atoms with Gasteiger partial charge in [0.25, 0.3) is 0 Å². The van der Waals surface area contributed by atoms with Crippen molar-refractivity contribution >= 4 is 17.6 Å². The molecule has 1 aromatic carbocycles. The number of methoxy groups -OCH3 is 1. The Bertz CT molecular complexity index is 405. The molecule has 0 atom stereocenters. The first-order chi connectivity index (χ1) is 8.11. The fourth-order valence-corrected chi connectivity index (χ4v) is 1.13. The van der Waals surface area contributed by atoms with E-state index in [9.17, 15) is 9.59 Å². The highest BCUT2D eigenvalue weighted by Gasteiger charge is 2.04. The molecule has 6 nitrogen and oxygen atoms in total. The molecule has 0 saturated heterocycles. The molecule has 0 bridgehead atoms. The second kappa shape index (κ2) is 6.49. The Balaban J connectivity index is 2.42. The lowest BCUT2D eigenvalue weighted by molar-refractivity contribution is -0.143. The Labute approximate surface area is 98.2 Å². The Hall–Kier alpha value is -2.08. The monoisotopic (exact) mass is 239 g/mol. The second-order valence-corrected chi connectivity index (χ2v) is 3.17. The van der Waals surface area contributed by atoms with Gasteiger partial charge < -0.3 is 19.9 Å². The number of carboxylic acid groups (broad SMARTS) is 1. The topological polar surface area (TPSA) is 84.9 Å². The Morgan fingerprint density at radius 1 is 1.35 bits per heavy atom. The predicted octanol–water partition coefficient (Wildman–Crippen LogP) is 0.735. The van der Waals surface area contributed by atoms with Crippen LogP contribution in [0, 0.1) is 0 Å². The molecule has 0 saturated carbocycles. The Morgan fingerprint density at radius 3 is 2.76 bits per heavy atom. The van der Waals surface area contributed by atoms with E-state index in [0.717, 1.165) is 0 Å². The number of hydrogen-bond donors (Lipinski definition) is 2. The zero-order chi connectivity index (χ0) is 12.7. The van der Waals surface area contributed by atoms with Crippen molar-refractivity contribution in [3.05, 3.63) is 24.3 Å². The molecular weight excluding hydrogens is 226 g/mol. The maximum absolute atomic E-state index is 11.3. The van der Waals surface area contributed by atoms with Gasteiger partial charge in [-0.15, -0.1) is 0 Å². The minimum Gasteiger partial charge on any atom is -0.497 e. The van der Waals surface area contributed by atoms with E-state index in [1.165, 1.54) is 7.11 Å². The van der Waals surface area contributed by atoms with E-state index in [-0.39, 0.29) is 6.61 Å². The number of hydrogen-bond acceptors (Lipinski definition) is 4. The number of nitrogens with one attached hydrogen (secondary N) is 1. The van der Waals surface area contributed by atoms with Crippen LogP contribution in [0.25, 0.3) is 0 Å². The molecule has 1 aromatic rings. The first kappa shape index (κ1) is 13.0. The summed E-state index contributed by atoms with van der Waals surface area (Å²) in [5, 5.41) is 10.9. The van der Waals surface area contributed by atoms with E-state index in [0.29, 0.717) is 11.4 Å². The van der Waals surface area contributed by atoms with Crippen LogP contribution < -0.4 is 10.1 Å². The van der Waals surface area contributed by atoms with E-state index in [4.69, 9.17) is 9.84 Å². The summed E-state index contributed by atoms with van der Waals surface area (Å²) in [5.74, 6) is -0.909. The smallest absolute Gasteiger partial charge is 0.329 e. The lowest BCUT2D eigenvalue weighted by Crippen LogP contribution is -2.20. The average Bonchev–Trinajstić information content (AvgIpc) is 2.28. The van der Waals surface area contributed by atoms with Crippen molar-refractivity contribution in [3.63, 3.8) is 0 Å². The minimum absolute atomic E-state index is 0.302. The van der Waals surface area contributed by atoms with Crippen LogP contribution in [-0.2, 0) is 14.3 Å². The SMILES string of the molecule is COc1cccc(NC(=O)COCC(=O)O)c1. The molecule has 0 fully saturated rings. The van der Waals surface area contributed by atoms with Gasteiger partial charge >= 0.3 is 5.97 Å². The van der Waals surface area contributed by atoms with Crippen molar-refractivity contribution in [3.8, 4) is 5.75 Å². The summed E-state index contributed by atoms with van der Waals surface area (Å²) in [6.07, 6.45) is 0. The third-order valence-corrected chi connectivity index (χ3v) is 1.81. The van der Waals surface area contributed by atoms with Crippen LogP contribution in [0.5, 0.6) is 5.75 Å². The summed E-state index contributed by atoms with van der Waals surface area (Å²) in [4.78, 5) is 21.5. The number of amides is 1. The standard InChI is InChI=1S/C11H13NO5/c1-16-9-4-2-3-8(5-9)12-10(13)6-17-7-11(14)15/h2-5H,6-7H2,1H3,(H,12,13)(H,14,15). The molecule has 6 heteroatoms. The van der Waals surface area contributed by atoms with Gasteiger partial charge in [0.05, 0.1) is 7.11 Å². The number of aliphatic carboxylic acids is 1. The summed E-state index contributed by atoms with van der Waals surface area (Å²) in [7, 11) is 1.52. The molecule has 0 spiro atoms. The fraction of sp³-hybridized carbons (Fsp3) is 0.273. The molecule has 0 unspecified atom stereocenters. The number of benzene rings is 1. The van der Waals surface area contributed by atoms with E-state index < -0.39 is 18.5 Å². The molecule has 0 heterocycles. The summed E-state index contributed by atoms with van der Waals surface area (Å²) in [6.45, 7) is -0.797. The normalized spacial score (nSPS) is 9.71. The fourth-order valence-electron chi connectivity index (χ4n) is 1.13. The number of carboxylic acids is 1. The largest absolute Gasteiger partial charge is 0.497 e. The van der Waals surface area contributed by atoms with Gasteiger partial charge in [-0.3, -0.25) is 4.79 Å². The van der Waals surface area contributed by atoms with Gasteiger partial charge in [0.15, 0.2) is 0 Å². The molecule has 0 aliphatic rings. The second-order valence-electron chi connectivity index (χ2n) is 3.17. The molecule has 92 valence electrons. The first-order valence-corrected chi connectivity index (χ1v) is 4.85. The van der Waals surface area contributed by atoms with Crippen molar-refractivity contribution in [2.45, 2.75) is 0 Å². The summed E-state index contributed by atoms with van der Waals surface area (Å²) in [5.41, 5.74) is 0.563. The number of carbonyl (C=O) groups excluding carboxylic acids is 1. The van der Waals surface area contributed by atoms with Crippen molar-refractivity contribution in [1.29, 1.82) is 0 Å². The van der Waals surface area contributed by atoms with Gasteiger partial charge in [-0.05, 0) is 12.1 Å². The number of rotatable bonds is 6. The molecule has 0 radical (unpaired) electrons. The molecule has 17 heavy (non-hydrogen) atoms. The predicted molar refractivity (Wildman–Crippen MR) is 60.1 cm³/mol. The number of ether oxygens (including phenoxy) is 2. The van der Waals surface area contributed by atoms with Crippen LogP contribution >= 0.6 is 0 Å². The number of carbonyl (C=O) groups is 2. The van der Waals surface area contributed by atoms with Crippen LogP contribution in [0.3, 0.4) is 0 Å². The maximum Gasteiger partial charge on any atom is 0.329 e. The lowest BCUT2D eigenvalue weighted by Gasteiger charge is -2.06. The van der Waals surface area contributed by atoms with Gasteiger partial charge in [-0.1, -0.05) is 6.07 Å². The Kier molecular flexibility index (Phi) is 4.96. The third-order valence-electron chi connectivity index (χ3n) is 1.81. The minimum atomic E-state index is -1.11. The molecule has 1 rings (SSSR count). The molecule has 1 amide bonds. The molecule has 2 N–H and O–H groups in total. The molecule has 0 aromatic heterocycles. The van der Waals surface area contributed by atoms with Gasteiger partial charge in [0.1, 0.15) is 19.0 Å². The quantitative estimate of drug-likeness (QED) is 0.764. The molecule has 0 aliphatic heterocycles. The van der Waals surface area contributed by atoms with Crippen LogP contribution in [0.15, 0.2) is 24.3 Å². The maximum atomic E-state index is 11.3. The average molecular weight is 239 g/mol. The van der Waals surface area contributed by atoms with E-state index in [1.54, 1.807) is 24.3 Å². The summed E-state index contributed by atoms with van der Waals surface area (Å²) in [6, 6.07) is 6.82.